The van der Waals surface area contributed by atoms with Gasteiger partial charge in [-0.05, 0) is 45.2 Å². The Hall–Kier alpha value is -0.870. The molecular formula is C14H24N4. The summed E-state index contributed by atoms with van der Waals surface area (Å²) in [5, 5.41) is 7.88. The second-order valence-electron chi connectivity index (χ2n) is 5.72. The highest BCUT2D eigenvalue weighted by molar-refractivity contribution is 5.03. The minimum absolute atomic E-state index is 0.854. The summed E-state index contributed by atoms with van der Waals surface area (Å²) in [6, 6.07) is 0.942. The van der Waals surface area contributed by atoms with E-state index in [1.165, 1.54) is 37.9 Å². The minimum Gasteiger partial charge on any atom is -0.312 e. The van der Waals surface area contributed by atoms with Crippen LogP contribution in [0.4, 0.5) is 0 Å². The highest BCUT2D eigenvalue weighted by Gasteiger charge is 2.33. The van der Waals surface area contributed by atoms with Crippen molar-refractivity contribution >= 4 is 0 Å². The summed E-state index contributed by atoms with van der Waals surface area (Å²) in [6.45, 7) is 7.82. The zero-order valence-electron chi connectivity index (χ0n) is 11.3. The molecule has 1 atom stereocenters. The molecule has 1 aromatic heterocycles. The summed E-state index contributed by atoms with van der Waals surface area (Å²) < 4.78 is 1.99. The molecule has 1 N–H and O–H groups in total. The molecule has 1 aliphatic heterocycles. The van der Waals surface area contributed by atoms with E-state index in [1.807, 2.05) is 10.9 Å². The van der Waals surface area contributed by atoms with Gasteiger partial charge in [0.15, 0.2) is 0 Å². The van der Waals surface area contributed by atoms with Crippen LogP contribution in [-0.2, 0) is 13.1 Å². The molecule has 0 bridgehead atoms. The molecule has 1 saturated carbocycles. The van der Waals surface area contributed by atoms with Gasteiger partial charge in [0.25, 0.3) is 0 Å². The van der Waals surface area contributed by atoms with Crippen molar-refractivity contribution in [3.05, 3.63) is 18.0 Å². The Morgan fingerprint density at radius 3 is 3.00 bits per heavy atom. The quantitative estimate of drug-likeness (QED) is 0.828. The third-order valence-corrected chi connectivity index (χ3v) is 4.15. The fourth-order valence-electron chi connectivity index (χ4n) is 2.89. The van der Waals surface area contributed by atoms with Crippen LogP contribution in [0.15, 0.2) is 12.4 Å². The molecular weight excluding hydrogens is 224 g/mol. The first kappa shape index (κ1) is 12.2. The minimum atomic E-state index is 0.854. The van der Waals surface area contributed by atoms with Gasteiger partial charge >= 0.3 is 0 Å². The number of aromatic nitrogens is 2. The Balaban J connectivity index is 1.37. The van der Waals surface area contributed by atoms with Crippen LogP contribution in [-0.4, -0.2) is 40.4 Å². The molecule has 1 saturated heterocycles. The summed E-state index contributed by atoms with van der Waals surface area (Å²) in [4.78, 5) is 2.68. The second kappa shape index (κ2) is 5.41. The highest BCUT2D eigenvalue weighted by Crippen LogP contribution is 2.31. The molecule has 4 heteroatoms. The maximum atomic E-state index is 4.30. The molecule has 3 rings (SSSR count). The number of nitrogens with zero attached hydrogens (tertiary/aromatic N) is 3. The van der Waals surface area contributed by atoms with Gasteiger partial charge in [0.05, 0.1) is 6.20 Å². The zero-order valence-corrected chi connectivity index (χ0v) is 11.3. The van der Waals surface area contributed by atoms with Crippen molar-refractivity contribution in [3.8, 4) is 0 Å². The Morgan fingerprint density at radius 1 is 1.39 bits per heavy atom. The van der Waals surface area contributed by atoms with Crippen LogP contribution < -0.4 is 5.32 Å². The van der Waals surface area contributed by atoms with Gasteiger partial charge in [0.2, 0.25) is 0 Å². The molecule has 2 aliphatic rings. The Bertz CT molecular complexity index is 383. The molecule has 0 amide bonds. The highest BCUT2D eigenvalue weighted by atomic mass is 15.3. The fourth-order valence-corrected chi connectivity index (χ4v) is 2.89. The lowest BCUT2D eigenvalue weighted by Crippen LogP contribution is -2.27. The lowest BCUT2D eigenvalue weighted by Gasteiger charge is -2.14. The molecule has 2 heterocycles. The van der Waals surface area contributed by atoms with Crippen molar-refractivity contribution in [2.45, 2.75) is 45.3 Å². The Kier molecular flexibility index (Phi) is 3.66. The van der Waals surface area contributed by atoms with Crippen LogP contribution >= 0.6 is 0 Å². The normalized spacial score (nSPS) is 24.8. The summed E-state index contributed by atoms with van der Waals surface area (Å²) in [5.74, 6) is 0.854. The van der Waals surface area contributed by atoms with Crippen LogP contribution in [0.1, 0.15) is 31.7 Å². The van der Waals surface area contributed by atoms with Crippen LogP contribution in [0.2, 0.25) is 0 Å². The van der Waals surface area contributed by atoms with E-state index < -0.39 is 0 Å². The largest absolute Gasteiger partial charge is 0.312 e. The van der Waals surface area contributed by atoms with Crippen molar-refractivity contribution < 1.29 is 0 Å². The molecule has 4 nitrogen and oxygen atoms in total. The van der Waals surface area contributed by atoms with Gasteiger partial charge in [0.1, 0.15) is 0 Å². The van der Waals surface area contributed by atoms with Crippen molar-refractivity contribution in [3.63, 3.8) is 0 Å². The van der Waals surface area contributed by atoms with E-state index in [2.05, 4.69) is 28.4 Å². The summed E-state index contributed by atoms with van der Waals surface area (Å²) in [5.41, 5.74) is 1.30. The second-order valence-corrected chi connectivity index (χ2v) is 5.72. The van der Waals surface area contributed by atoms with Crippen molar-refractivity contribution in [2.24, 2.45) is 5.92 Å². The lowest BCUT2D eigenvalue weighted by molar-refractivity contribution is 0.312. The number of hydrogen-bond donors (Lipinski definition) is 1. The molecule has 1 aliphatic carbocycles. The first-order valence-corrected chi connectivity index (χ1v) is 7.31. The number of hydrogen-bond acceptors (Lipinski definition) is 3. The lowest BCUT2D eigenvalue weighted by atomic mass is 10.1. The third-order valence-electron chi connectivity index (χ3n) is 4.15. The third kappa shape index (κ3) is 2.93. The maximum Gasteiger partial charge on any atom is 0.0534 e. The molecule has 18 heavy (non-hydrogen) atoms. The van der Waals surface area contributed by atoms with Crippen LogP contribution in [0.25, 0.3) is 0 Å². The van der Waals surface area contributed by atoms with E-state index in [4.69, 9.17) is 0 Å². The molecule has 100 valence electrons. The first-order valence-electron chi connectivity index (χ1n) is 7.31. The van der Waals surface area contributed by atoms with E-state index in [9.17, 15) is 0 Å². The average Bonchev–Trinajstić information content (AvgIpc) is 2.96. The SMILES string of the molecule is CCn1cc(CNCC2CCN(C3CC3)C2)cn1. The predicted molar refractivity (Wildman–Crippen MR) is 72.3 cm³/mol. The smallest absolute Gasteiger partial charge is 0.0534 e. The van der Waals surface area contributed by atoms with Gasteiger partial charge in [0, 0.05) is 37.4 Å². The van der Waals surface area contributed by atoms with Gasteiger partial charge in [-0.15, -0.1) is 0 Å². The number of aryl methyl sites for hydroxylation is 1. The molecule has 1 unspecified atom stereocenters. The number of nitrogens with one attached hydrogen (secondary N) is 1. The number of rotatable bonds is 6. The molecule has 2 fully saturated rings. The average molecular weight is 248 g/mol. The van der Waals surface area contributed by atoms with E-state index in [0.717, 1.165) is 31.6 Å². The molecule has 0 radical (unpaired) electrons. The van der Waals surface area contributed by atoms with Crippen molar-refractivity contribution in [1.82, 2.24) is 20.0 Å². The summed E-state index contributed by atoms with van der Waals surface area (Å²) in [6.07, 6.45) is 8.37. The monoisotopic (exact) mass is 248 g/mol. The van der Waals surface area contributed by atoms with Gasteiger partial charge in [-0.3, -0.25) is 4.68 Å². The van der Waals surface area contributed by atoms with Crippen molar-refractivity contribution in [1.29, 1.82) is 0 Å². The van der Waals surface area contributed by atoms with Crippen molar-refractivity contribution in [2.75, 3.05) is 19.6 Å². The zero-order chi connectivity index (χ0) is 12.4. The number of likely N-dealkylation sites (tertiary alicyclic amines) is 1. The van der Waals surface area contributed by atoms with Gasteiger partial charge in [-0.2, -0.15) is 5.10 Å². The maximum absolute atomic E-state index is 4.30. The first-order chi connectivity index (χ1) is 8.85. The van der Waals surface area contributed by atoms with Gasteiger partial charge in [-0.25, -0.2) is 0 Å². The van der Waals surface area contributed by atoms with Gasteiger partial charge in [-0.1, -0.05) is 0 Å². The molecule has 0 aromatic carbocycles. The Labute approximate surface area is 109 Å². The fraction of sp³-hybridized carbons (Fsp3) is 0.786. The predicted octanol–water partition coefficient (Wildman–Crippen LogP) is 1.48. The van der Waals surface area contributed by atoms with E-state index in [1.54, 1.807) is 0 Å². The van der Waals surface area contributed by atoms with E-state index >= 15 is 0 Å². The van der Waals surface area contributed by atoms with E-state index in [0.29, 0.717) is 0 Å². The topological polar surface area (TPSA) is 33.1 Å². The summed E-state index contributed by atoms with van der Waals surface area (Å²) >= 11 is 0. The van der Waals surface area contributed by atoms with Crippen LogP contribution in [0, 0.1) is 5.92 Å². The van der Waals surface area contributed by atoms with Crippen LogP contribution in [0.5, 0.6) is 0 Å². The van der Waals surface area contributed by atoms with Gasteiger partial charge < -0.3 is 10.2 Å². The Morgan fingerprint density at radius 2 is 2.28 bits per heavy atom. The standard InChI is InChI=1S/C14H24N4/c1-2-18-11-13(9-16-18)8-15-7-12-5-6-17(10-12)14-3-4-14/h9,11-12,14-15H,2-8,10H2,1H3. The van der Waals surface area contributed by atoms with E-state index in [-0.39, 0.29) is 0 Å². The summed E-state index contributed by atoms with van der Waals surface area (Å²) in [7, 11) is 0. The molecule has 0 spiro atoms. The van der Waals surface area contributed by atoms with Crippen LogP contribution in [0.3, 0.4) is 0 Å². The molecule has 1 aromatic rings.